The Morgan fingerprint density at radius 2 is 1.79 bits per heavy atom. The van der Waals surface area contributed by atoms with E-state index in [4.69, 9.17) is 5.73 Å². The molecule has 0 saturated carbocycles. The highest BCUT2D eigenvalue weighted by Crippen LogP contribution is 2.53. The van der Waals surface area contributed by atoms with Gasteiger partial charge < -0.3 is 26.0 Å². The maximum atomic E-state index is 14.0. The molecule has 2 heterocycles. The number of fused-ring (bicyclic) bond motifs is 3. The van der Waals surface area contributed by atoms with Gasteiger partial charge in [-0.15, -0.1) is 0 Å². The summed E-state index contributed by atoms with van der Waals surface area (Å²) in [5.41, 5.74) is 8.14. The molecular weight excluding hydrogens is 570 g/mol. The van der Waals surface area contributed by atoms with Crippen molar-refractivity contribution in [1.82, 2.24) is 19.5 Å². The number of piperidine rings is 1. The third-order valence-electron chi connectivity index (χ3n) is 8.86. The molecule has 1 saturated heterocycles. The SMILES string of the molecule is CC(C)(N)C(=O)NC(Cc1c[nH]c2ccccc12)C(=O)N1CCC2(CC1)C[C@@H](N(CC(=O)O)S(C)(=O)=O)c1ccccc12. The number of carboxylic acid groups (broad SMARTS) is 1. The van der Waals surface area contributed by atoms with Crippen LogP contribution in [0, 0.1) is 0 Å². The van der Waals surface area contributed by atoms with Gasteiger partial charge in [-0.25, -0.2) is 8.42 Å². The summed E-state index contributed by atoms with van der Waals surface area (Å²) >= 11 is 0. The normalized spacial score (nSPS) is 19.0. The molecule has 2 atom stereocenters. The molecule has 1 aromatic heterocycles. The molecule has 1 aliphatic heterocycles. The number of likely N-dealkylation sites (tertiary alicyclic amines) is 1. The summed E-state index contributed by atoms with van der Waals surface area (Å²) in [7, 11) is -3.81. The second-order valence-electron chi connectivity index (χ2n) is 12.4. The fourth-order valence-electron chi connectivity index (χ4n) is 6.62. The smallest absolute Gasteiger partial charge is 0.318 e. The lowest BCUT2D eigenvalue weighted by atomic mass is 9.73. The van der Waals surface area contributed by atoms with E-state index in [0.717, 1.165) is 38.2 Å². The van der Waals surface area contributed by atoms with E-state index in [1.54, 1.807) is 18.7 Å². The van der Waals surface area contributed by atoms with Crippen LogP contribution in [0.5, 0.6) is 0 Å². The molecule has 2 aliphatic rings. The molecule has 2 amide bonds. The Morgan fingerprint density at radius 3 is 2.44 bits per heavy atom. The maximum absolute atomic E-state index is 14.0. The molecule has 43 heavy (non-hydrogen) atoms. The van der Waals surface area contributed by atoms with Gasteiger partial charge in [-0.05, 0) is 55.9 Å². The van der Waals surface area contributed by atoms with Gasteiger partial charge in [-0.3, -0.25) is 14.4 Å². The van der Waals surface area contributed by atoms with E-state index in [2.05, 4.69) is 10.3 Å². The number of carbonyl (C=O) groups excluding carboxylic acids is 2. The minimum atomic E-state index is -3.81. The summed E-state index contributed by atoms with van der Waals surface area (Å²) in [6, 6.07) is 13.9. The number of aromatic nitrogens is 1. The van der Waals surface area contributed by atoms with Gasteiger partial charge >= 0.3 is 5.97 Å². The Bertz CT molecular complexity index is 1650. The summed E-state index contributed by atoms with van der Waals surface area (Å²) in [5, 5.41) is 13.3. The van der Waals surface area contributed by atoms with Crippen LogP contribution in [0.15, 0.2) is 54.7 Å². The van der Waals surface area contributed by atoms with Crippen molar-refractivity contribution in [2.24, 2.45) is 5.73 Å². The number of benzene rings is 2. The number of carboxylic acids is 1. The number of hydrogen-bond acceptors (Lipinski definition) is 6. The van der Waals surface area contributed by atoms with Gasteiger partial charge in [0.25, 0.3) is 0 Å². The number of aromatic amines is 1. The number of nitrogens with one attached hydrogen (secondary N) is 2. The van der Waals surface area contributed by atoms with Gasteiger partial charge in [0.05, 0.1) is 17.8 Å². The number of nitrogens with two attached hydrogens (primary N) is 1. The van der Waals surface area contributed by atoms with Crippen molar-refractivity contribution in [3.05, 3.63) is 71.4 Å². The van der Waals surface area contributed by atoms with E-state index in [0.29, 0.717) is 32.4 Å². The van der Waals surface area contributed by atoms with Gasteiger partial charge in [0.2, 0.25) is 21.8 Å². The minimum Gasteiger partial charge on any atom is -0.480 e. The standard InChI is InChI=1S/C31H39N5O6S/c1-30(2,32)29(40)34-25(16-20-18-33-24-11-7-5-8-21(20)24)28(39)35-14-12-31(13-15-35)17-26(22-9-4-6-10-23(22)31)36(19-27(37)38)43(3,41)42/h4-11,18,25-26,33H,12-17,19,32H2,1-3H3,(H,34,40)(H,37,38)/t25?,26-/m1/s1. The number of H-pyrrole nitrogens is 1. The predicted molar refractivity (Wildman–Crippen MR) is 163 cm³/mol. The number of nitrogens with zero attached hydrogens (tertiary/aromatic N) is 2. The molecule has 230 valence electrons. The van der Waals surface area contributed by atoms with E-state index >= 15 is 0 Å². The number of amides is 2. The van der Waals surface area contributed by atoms with Crippen LogP contribution in [0.4, 0.5) is 0 Å². The van der Waals surface area contributed by atoms with Crippen molar-refractivity contribution >= 4 is 38.7 Å². The lowest BCUT2D eigenvalue weighted by Crippen LogP contribution is -2.58. The fraction of sp³-hybridized carbons (Fsp3) is 0.452. The van der Waals surface area contributed by atoms with Crippen molar-refractivity contribution in [2.45, 2.75) is 62.6 Å². The highest BCUT2D eigenvalue weighted by Gasteiger charge is 2.49. The Labute approximate surface area is 251 Å². The molecule has 3 aromatic rings. The molecule has 0 bridgehead atoms. The quantitative estimate of drug-likeness (QED) is 0.289. The number of para-hydroxylation sites is 1. The first-order valence-electron chi connectivity index (χ1n) is 14.4. The van der Waals surface area contributed by atoms with E-state index in [9.17, 15) is 27.9 Å². The Morgan fingerprint density at radius 1 is 1.14 bits per heavy atom. The number of sulfonamides is 1. The van der Waals surface area contributed by atoms with Crippen LogP contribution in [-0.2, 0) is 36.2 Å². The van der Waals surface area contributed by atoms with Crippen LogP contribution in [0.1, 0.15) is 55.8 Å². The number of rotatable bonds is 9. The summed E-state index contributed by atoms with van der Waals surface area (Å²) in [6.45, 7) is 3.38. The second kappa shape index (κ2) is 11.4. The molecule has 1 spiro atoms. The van der Waals surface area contributed by atoms with Crippen LogP contribution in [0.3, 0.4) is 0 Å². The number of hydrogen-bond donors (Lipinski definition) is 4. The Hall–Kier alpha value is -3.74. The topological polar surface area (TPSA) is 166 Å². The van der Waals surface area contributed by atoms with Gasteiger partial charge in [-0.2, -0.15) is 4.31 Å². The number of aliphatic carboxylic acids is 1. The lowest BCUT2D eigenvalue weighted by Gasteiger charge is -2.42. The Balaban J connectivity index is 1.38. The molecule has 1 aliphatic carbocycles. The fourth-order valence-corrected chi connectivity index (χ4v) is 7.62. The zero-order valence-electron chi connectivity index (χ0n) is 24.7. The van der Waals surface area contributed by atoms with Gasteiger partial charge in [0.1, 0.15) is 12.6 Å². The van der Waals surface area contributed by atoms with Crippen molar-refractivity contribution < 1.29 is 27.9 Å². The molecule has 1 unspecified atom stereocenters. The molecule has 5 rings (SSSR count). The van der Waals surface area contributed by atoms with E-state index in [1.807, 2.05) is 54.7 Å². The van der Waals surface area contributed by atoms with Crippen LogP contribution < -0.4 is 11.1 Å². The first kappa shape index (κ1) is 30.7. The summed E-state index contributed by atoms with van der Waals surface area (Å²) in [6.07, 6.45) is 4.77. The van der Waals surface area contributed by atoms with Crippen molar-refractivity contribution in [3.8, 4) is 0 Å². The van der Waals surface area contributed by atoms with Gasteiger partial charge in [-0.1, -0.05) is 42.5 Å². The molecule has 0 radical (unpaired) electrons. The highest BCUT2D eigenvalue weighted by atomic mass is 32.2. The zero-order valence-corrected chi connectivity index (χ0v) is 25.5. The third-order valence-corrected chi connectivity index (χ3v) is 10.1. The van der Waals surface area contributed by atoms with Crippen molar-refractivity contribution in [2.75, 3.05) is 25.9 Å². The monoisotopic (exact) mass is 609 g/mol. The molecule has 2 aromatic carbocycles. The van der Waals surface area contributed by atoms with Gasteiger partial charge in [0.15, 0.2) is 0 Å². The highest BCUT2D eigenvalue weighted by molar-refractivity contribution is 7.88. The van der Waals surface area contributed by atoms with Crippen LogP contribution >= 0.6 is 0 Å². The minimum absolute atomic E-state index is 0.204. The van der Waals surface area contributed by atoms with E-state index in [1.165, 1.54) is 0 Å². The average molecular weight is 610 g/mol. The average Bonchev–Trinajstić information content (AvgIpc) is 3.49. The molecule has 12 heteroatoms. The molecule has 1 fully saturated rings. The first-order chi connectivity index (χ1) is 20.2. The molecule has 11 nitrogen and oxygen atoms in total. The molecule has 5 N–H and O–H groups in total. The van der Waals surface area contributed by atoms with Crippen LogP contribution in [-0.4, -0.2) is 83.0 Å². The largest absolute Gasteiger partial charge is 0.480 e. The second-order valence-corrected chi connectivity index (χ2v) is 14.4. The van der Waals surface area contributed by atoms with Crippen molar-refractivity contribution in [3.63, 3.8) is 0 Å². The summed E-state index contributed by atoms with van der Waals surface area (Å²) < 4.78 is 26.4. The van der Waals surface area contributed by atoms with Crippen LogP contribution in [0.25, 0.3) is 10.9 Å². The first-order valence-corrected chi connectivity index (χ1v) is 16.3. The van der Waals surface area contributed by atoms with E-state index < -0.39 is 51.5 Å². The third kappa shape index (κ3) is 6.17. The zero-order chi connectivity index (χ0) is 31.2. The number of carbonyl (C=O) groups is 3. The molecular formula is C31H39N5O6S. The van der Waals surface area contributed by atoms with Gasteiger partial charge in [0, 0.05) is 42.0 Å². The van der Waals surface area contributed by atoms with E-state index in [-0.39, 0.29) is 12.3 Å². The Kier molecular flexibility index (Phi) is 8.14. The summed E-state index contributed by atoms with van der Waals surface area (Å²) in [5.74, 6) is -1.84. The maximum Gasteiger partial charge on any atom is 0.318 e. The summed E-state index contributed by atoms with van der Waals surface area (Å²) in [4.78, 5) is 43.5. The van der Waals surface area contributed by atoms with Crippen LogP contribution in [0.2, 0.25) is 0 Å². The predicted octanol–water partition coefficient (Wildman–Crippen LogP) is 2.28. The lowest BCUT2D eigenvalue weighted by molar-refractivity contribution is -0.139. The van der Waals surface area contributed by atoms with Crippen molar-refractivity contribution in [1.29, 1.82) is 0 Å².